The largest absolute Gasteiger partial charge is 0.508 e. The molecule has 3 atom stereocenters. The summed E-state index contributed by atoms with van der Waals surface area (Å²) in [5.74, 6) is 1.19. The number of aromatic hydroxyl groups is 1. The van der Waals surface area contributed by atoms with E-state index in [2.05, 4.69) is 26.1 Å². The van der Waals surface area contributed by atoms with Crippen molar-refractivity contribution in [2.45, 2.75) is 46.1 Å². The molecule has 0 heterocycles. The average molecular weight is 245 g/mol. The van der Waals surface area contributed by atoms with Crippen molar-refractivity contribution in [3.05, 3.63) is 24.3 Å². The number of fused-ring (bicyclic) bond motifs is 2. The molecule has 1 aromatic rings. The topological polar surface area (TPSA) is 32.3 Å². The van der Waals surface area contributed by atoms with E-state index in [0.29, 0.717) is 22.6 Å². The van der Waals surface area contributed by atoms with Gasteiger partial charge in [-0.25, -0.2) is 0 Å². The minimum atomic E-state index is 0.332. The number of benzene rings is 1. The van der Waals surface area contributed by atoms with Crippen LogP contribution >= 0.6 is 0 Å². The molecule has 2 aliphatic rings. The number of anilines is 1. The van der Waals surface area contributed by atoms with Gasteiger partial charge in [-0.1, -0.05) is 20.8 Å². The maximum Gasteiger partial charge on any atom is 0.115 e. The lowest BCUT2D eigenvalue weighted by Gasteiger charge is -2.43. The minimum Gasteiger partial charge on any atom is -0.508 e. The summed E-state index contributed by atoms with van der Waals surface area (Å²) < 4.78 is 0. The Bertz CT molecular complexity index is 446. The van der Waals surface area contributed by atoms with Gasteiger partial charge in [0.1, 0.15) is 5.75 Å². The van der Waals surface area contributed by atoms with Gasteiger partial charge in [-0.15, -0.1) is 0 Å². The molecule has 2 nitrogen and oxygen atoms in total. The van der Waals surface area contributed by atoms with Crippen LogP contribution in [0.5, 0.6) is 5.75 Å². The fourth-order valence-corrected chi connectivity index (χ4v) is 4.39. The zero-order chi connectivity index (χ0) is 13.0. The van der Waals surface area contributed by atoms with Crippen LogP contribution in [0.15, 0.2) is 24.3 Å². The van der Waals surface area contributed by atoms with Gasteiger partial charge in [-0.3, -0.25) is 0 Å². The summed E-state index contributed by atoms with van der Waals surface area (Å²) >= 11 is 0. The third kappa shape index (κ3) is 1.62. The Morgan fingerprint density at radius 2 is 1.83 bits per heavy atom. The van der Waals surface area contributed by atoms with Gasteiger partial charge < -0.3 is 10.4 Å². The fraction of sp³-hybridized carbons (Fsp3) is 0.625. The summed E-state index contributed by atoms with van der Waals surface area (Å²) in [7, 11) is 0. The van der Waals surface area contributed by atoms with Crippen LogP contribution in [0.2, 0.25) is 0 Å². The smallest absolute Gasteiger partial charge is 0.115 e. The number of rotatable bonds is 2. The molecular weight excluding hydrogens is 222 g/mol. The lowest BCUT2D eigenvalue weighted by molar-refractivity contribution is 0.155. The highest BCUT2D eigenvalue weighted by atomic mass is 16.3. The normalized spacial score (nSPS) is 36.8. The second kappa shape index (κ2) is 3.66. The van der Waals surface area contributed by atoms with Gasteiger partial charge in [-0.2, -0.15) is 0 Å². The SMILES string of the molecule is CC1(C)C(Nc2ccc(O)cc2)[C@]2(C)CC[C@H]1C2. The molecular formula is C16H23NO. The summed E-state index contributed by atoms with van der Waals surface area (Å²) in [6, 6.07) is 7.99. The van der Waals surface area contributed by atoms with E-state index in [1.807, 2.05) is 12.1 Å². The summed E-state index contributed by atoms with van der Waals surface area (Å²) in [5.41, 5.74) is 1.93. The summed E-state index contributed by atoms with van der Waals surface area (Å²) in [6.07, 6.45) is 4.09. The predicted octanol–water partition coefficient (Wildman–Crippen LogP) is 4.02. The van der Waals surface area contributed by atoms with Crippen LogP contribution in [0, 0.1) is 16.7 Å². The summed E-state index contributed by atoms with van der Waals surface area (Å²) in [6.45, 7) is 7.24. The zero-order valence-corrected chi connectivity index (χ0v) is 11.5. The molecule has 1 aromatic carbocycles. The molecule has 98 valence electrons. The predicted molar refractivity (Wildman–Crippen MR) is 74.7 cm³/mol. The molecule has 2 heteroatoms. The molecule has 0 saturated heterocycles. The highest BCUT2D eigenvalue weighted by molar-refractivity contribution is 5.48. The molecule has 2 fully saturated rings. The highest BCUT2D eigenvalue weighted by Gasteiger charge is 2.59. The van der Waals surface area contributed by atoms with Crippen molar-refractivity contribution in [1.82, 2.24) is 0 Å². The summed E-state index contributed by atoms with van der Waals surface area (Å²) in [5, 5.41) is 13.1. The van der Waals surface area contributed by atoms with Gasteiger partial charge in [-0.05, 0) is 60.3 Å². The first kappa shape index (κ1) is 11.9. The van der Waals surface area contributed by atoms with Crippen LogP contribution in [0.25, 0.3) is 0 Å². The monoisotopic (exact) mass is 245 g/mol. The van der Waals surface area contributed by atoms with E-state index in [4.69, 9.17) is 0 Å². The van der Waals surface area contributed by atoms with Gasteiger partial charge in [0.2, 0.25) is 0 Å². The first-order chi connectivity index (χ1) is 8.42. The van der Waals surface area contributed by atoms with Crippen molar-refractivity contribution in [1.29, 1.82) is 0 Å². The number of hydrogen-bond donors (Lipinski definition) is 2. The van der Waals surface area contributed by atoms with E-state index in [0.717, 1.165) is 11.6 Å². The first-order valence-corrected chi connectivity index (χ1v) is 6.97. The lowest BCUT2D eigenvalue weighted by Crippen LogP contribution is -2.45. The maximum absolute atomic E-state index is 9.35. The average Bonchev–Trinajstić information content (AvgIpc) is 2.78. The number of phenolic OH excluding ortho intramolecular Hbond substituents is 1. The van der Waals surface area contributed by atoms with Crippen LogP contribution in [0.1, 0.15) is 40.0 Å². The Balaban J connectivity index is 1.86. The number of hydrogen-bond acceptors (Lipinski definition) is 2. The van der Waals surface area contributed by atoms with Crippen LogP contribution in [0.3, 0.4) is 0 Å². The van der Waals surface area contributed by atoms with Crippen molar-refractivity contribution >= 4 is 5.69 Å². The van der Waals surface area contributed by atoms with Crippen LogP contribution in [0.4, 0.5) is 5.69 Å². The minimum absolute atomic E-state index is 0.332. The van der Waals surface area contributed by atoms with E-state index >= 15 is 0 Å². The van der Waals surface area contributed by atoms with E-state index < -0.39 is 0 Å². The van der Waals surface area contributed by atoms with Gasteiger partial charge >= 0.3 is 0 Å². The van der Waals surface area contributed by atoms with E-state index in [1.165, 1.54) is 19.3 Å². The Morgan fingerprint density at radius 3 is 2.39 bits per heavy atom. The molecule has 0 aliphatic heterocycles. The second-order valence-electron chi connectivity index (χ2n) is 7.04. The standard InChI is InChI=1S/C16H23NO/c1-15(2)11-8-9-16(3,10-11)14(15)17-12-4-6-13(18)7-5-12/h4-7,11,14,17-18H,8-10H2,1-3H3/t11-,14?,16+/m0/s1. The molecule has 1 unspecified atom stereocenters. The zero-order valence-electron chi connectivity index (χ0n) is 11.5. The molecule has 0 radical (unpaired) electrons. The Kier molecular flexibility index (Phi) is 2.42. The van der Waals surface area contributed by atoms with E-state index in [-0.39, 0.29) is 0 Å². The number of phenols is 1. The van der Waals surface area contributed by atoms with E-state index in [1.54, 1.807) is 12.1 Å². The Hall–Kier alpha value is -1.18. The molecule has 0 spiro atoms. The molecule has 2 aliphatic carbocycles. The number of nitrogens with one attached hydrogen (secondary N) is 1. The van der Waals surface area contributed by atoms with Crippen molar-refractivity contribution in [3.8, 4) is 5.75 Å². The van der Waals surface area contributed by atoms with Gasteiger partial charge in [0.25, 0.3) is 0 Å². The fourth-order valence-electron chi connectivity index (χ4n) is 4.39. The van der Waals surface area contributed by atoms with Crippen LogP contribution < -0.4 is 5.32 Å². The highest BCUT2D eigenvalue weighted by Crippen LogP contribution is 2.63. The van der Waals surface area contributed by atoms with Crippen molar-refractivity contribution < 1.29 is 5.11 Å². The molecule has 0 aromatic heterocycles. The molecule has 2 bridgehead atoms. The molecule has 2 N–H and O–H groups in total. The van der Waals surface area contributed by atoms with Gasteiger partial charge in [0.15, 0.2) is 0 Å². The summed E-state index contributed by atoms with van der Waals surface area (Å²) in [4.78, 5) is 0. The third-order valence-corrected chi connectivity index (χ3v) is 5.45. The third-order valence-electron chi connectivity index (χ3n) is 5.45. The first-order valence-electron chi connectivity index (χ1n) is 6.97. The van der Waals surface area contributed by atoms with Gasteiger partial charge in [0.05, 0.1) is 0 Å². The maximum atomic E-state index is 9.35. The van der Waals surface area contributed by atoms with Crippen molar-refractivity contribution in [3.63, 3.8) is 0 Å². The van der Waals surface area contributed by atoms with Crippen LogP contribution in [-0.2, 0) is 0 Å². The molecule has 3 rings (SSSR count). The Morgan fingerprint density at radius 1 is 1.17 bits per heavy atom. The molecule has 0 amide bonds. The van der Waals surface area contributed by atoms with Crippen LogP contribution in [-0.4, -0.2) is 11.1 Å². The molecule has 2 saturated carbocycles. The lowest BCUT2D eigenvalue weighted by atomic mass is 9.68. The van der Waals surface area contributed by atoms with Crippen molar-refractivity contribution in [2.24, 2.45) is 16.7 Å². The second-order valence-corrected chi connectivity index (χ2v) is 7.04. The Labute approximate surface area is 109 Å². The molecule has 18 heavy (non-hydrogen) atoms. The van der Waals surface area contributed by atoms with Gasteiger partial charge in [0, 0.05) is 11.7 Å². The van der Waals surface area contributed by atoms with E-state index in [9.17, 15) is 5.11 Å². The van der Waals surface area contributed by atoms with Crippen molar-refractivity contribution in [2.75, 3.05) is 5.32 Å². The quantitative estimate of drug-likeness (QED) is 0.771.